The molecule has 5 rings (SSSR count). The van der Waals surface area contributed by atoms with Crippen LogP contribution >= 0.6 is 11.3 Å². The third-order valence-corrected chi connectivity index (χ3v) is 5.10. The summed E-state index contributed by atoms with van der Waals surface area (Å²) in [6.45, 7) is 0.550. The lowest BCUT2D eigenvalue weighted by molar-refractivity contribution is 0.321. The van der Waals surface area contributed by atoms with E-state index in [1.807, 2.05) is 18.3 Å². The number of nitrogens with one attached hydrogen (secondary N) is 1. The molecule has 0 aliphatic carbocycles. The monoisotopic (exact) mass is 374 g/mol. The van der Waals surface area contributed by atoms with Crippen molar-refractivity contribution < 1.29 is 4.74 Å². The van der Waals surface area contributed by atoms with Crippen LogP contribution < -0.4 is 4.74 Å². The minimum Gasteiger partial charge on any atom is -0.470 e. The second-order valence-electron chi connectivity index (χ2n) is 5.95. The summed E-state index contributed by atoms with van der Waals surface area (Å²) in [4.78, 5) is 25.4. The van der Waals surface area contributed by atoms with Crippen molar-refractivity contribution in [1.29, 1.82) is 0 Å². The number of hydrogen-bond acceptors (Lipinski definition) is 7. The second-order valence-corrected chi connectivity index (χ2v) is 6.89. The number of thiazole rings is 1. The van der Waals surface area contributed by atoms with Crippen LogP contribution in [0.2, 0.25) is 0 Å². The van der Waals surface area contributed by atoms with Crippen LogP contribution in [0.4, 0.5) is 0 Å². The Morgan fingerprint density at radius 1 is 1.04 bits per heavy atom. The maximum Gasteiger partial charge on any atom is 0.275 e. The summed E-state index contributed by atoms with van der Waals surface area (Å²) in [5.41, 5.74) is 3.87. The molecular formula is C19H14N6OS. The predicted molar refractivity (Wildman–Crippen MR) is 104 cm³/mol. The molecule has 132 valence electrons. The van der Waals surface area contributed by atoms with Crippen molar-refractivity contribution in [3.05, 3.63) is 60.9 Å². The lowest BCUT2D eigenvalue weighted by Crippen LogP contribution is -2.00. The maximum atomic E-state index is 5.86. The van der Waals surface area contributed by atoms with Gasteiger partial charge in [0.25, 0.3) is 5.19 Å². The Bertz CT molecular complexity index is 1220. The van der Waals surface area contributed by atoms with Crippen LogP contribution in [0, 0.1) is 0 Å². The SMILES string of the molecule is c1ccc2c(CCOc3nc4cnc(-c5cncnc5)nc4s3)c[nH]c2c1. The Balaban J connectivity index is 1.32. The minimum atomic E-state index is 0.550. The molecule has 0 aliphatic heterocycles. The molecule has 27 heavy (non-hydrogen) atoms. The molecule has 0 saturated carbocycles. The standard InChI is InChI=1S/C19H14N6OS/c1-2-4-15-14(3-1)12(9-22-15)5-6-26-19-24-16-10-23-17(25-18(16)27-19)13-7-20-11-21-8-13/h1-4,7-11,22H,5-6H2. The number of rotatable bonds is 5. The van der Waals surface area contributed by atoms with E-state index in [1.54, 1.807) is 18.6 Å². The maximum absolute atomic E-state index is 5.86. The van der Waals surface area contributed by atoms with Crippen molar-refractivity contribution in [3.63, 3.8) is 0 Å². The normalized spacial score (nSPS) is 11.3. The van der Waals surface area contributed by atoms with E-state index in [9.17, 15) is 0 Å². The highest BCUT2D eigenvalue weighted by Gasteiger charge is 2.10. The van der Waals surface area contributed by atoms with E-state index in [4.69, 9.17) is 4.74 Å². The van der Waals surface area contributed by atoms with Gasteiger partial charge in [-0.25, -0.2) is 19.9 Å². The van der Waals surface area contributed by atoms with Gasteiger partial charge in [0.05, 0.1) is 18.4 Å². The van der Waals surface area contributed by atoms with Gasteiger partial charge in [-0.2, -0.15) is 4.98 Å². The molecule has 8 heteroatoms. The number of hydrogen-bond donors (Lipinski definition) is 1. The summed E-state index contributed by atoms with van der Waals surface area (Å²) in [7, 11) is 0. The van der Waals surface area contributed by atoms with Crippen LogP contribution in [-0.4, -0.2) is 36.5 Å². The zero-order valence-electron chi connectivity index (χ0n) is 14.2. The first-order valence-electron chi connectivity index (χ1n) is 8.43. The van der Waals surface area contributed by atoms with Gasteiger partial charge in [-0.3, -0.25) is 0 Å². The Hall–Kier alpha value is -3.39. The molecule has 0 radical (unpaired) electrons. The highest BCUT2D eigenvalue weighted by molar-refractivity contribution is 7.19. The highest BCUT2D eigenvalue weighted by atomic mass is 32.1. The van der Waals surface area contributed by atoms with Crippen molar-refractivity contribution in [2.45, 2.75) is 6.42 Å². The van der Waals surface area contributed by atoms with Crippen LogP contribution in [0.3, 0.4) is 0 Å². The summed E-state index contributed by atoms with van der Waals surface area (Å²) in [5, 5.41) is 1.83. The summed E-state index contributed by atoms with van der Waals surface area (Å²) in [5.74, 6) is 0.581. The van der Waals surface area contributed by atoms with Crippen molar-refractivity contribution in [2.24, 2.45) is 0 Å². The van der Waals surface area contributed by atoms with E-state index in [-0.39, 0.29) is 0 Å². The number of aromatic nitrogens is 6. The van der Waals surface area contributed by atoms with Gasteiger partial charge in [0.2, 0.25) is 0 Å². The molecule has 0 saturated heterocycles. The molecule has 1 N–H and O–H groups in total. The Morgan fingerprint density at radius 3 is 2.85 bits per heavy atom. The molecule has 4 heterocycles. The number of nitrogens with zero attached hydrogens (tertiary/aromatic N) is 5. The molecule has 5 aromatic rings. The van der Waals surface area contributed by atoms with E-state index in [0.717, 1.165) is 27.8 Å². The Labute approximate surface area is 158 Å². The number of ether oxygens (including phenoxy) is 1. The molecule has 0 aliphatic rings. The first-order chi connectivity index (χ1) is 13.4. The predicted octanol–water partition coefficient (Wildman–Crippen LogP) is 3.65. The first kappa shape index (κ1) is 15.8. The molecule has 0 amide bonds. The van der Waals surface area contributed by atoms with E-state index in [1.165, 1.54) is 28.6 Å². The second kappa shape index (κ2) is 6.73. The quantitative estimate of drug-likeness (QED) is 0.505. The van der Waals surface area contributed by atoms with Crippen LogP contribution in [0.5, 0.6) is 5.19 Å². The molecule has 4 aromatic heterocycles. The van der Waals surface area contributed by atoms with Crippen molar-refractivity contribution in [2.75, 3.05) is 6.61 Å². The van der Waals surface area contributed by atoms with Crippen LogP contribution in [-0.2, 0) is 6.42 Å². The molecule has 0 unspecified atom stereocenters. The van der Waals surface area contributed by atoms with Crippen molar-refractivity contribution in [1.82, 2.24) is 29.9 Å². The Kier molecular flexibility index (Phi) is 3.95. The Morgan fingerprint density at radius 2 is 1.93 bits per heavy atom. The molecule has 0 atom stereocenters. The number of aromatic amines is 1. The van der Waals surface area contributed by atoms with Gasteiger partial charge in [0.15, 0.2) is 10.7 Å². The number of H-pyrrole nitrogens is 1. The van der Waals surface area contributed by atoms with Crippen molar-refractivity contribution >= 4 is 32.6 Å². The van der Waals surface area contributed by atoms with Gasteiger partial charge in [-0.15, -0.1) is 0 Å². The van der Waals surface area contributed by atoms with Gasteiger partial charge in [0.1, 0.15) is 11.8 Å². The summed E-state index contributed by atoms with van der Waals surface area (Å²) < 4.78 is 5.86. The molecular weight excluding hydrogens is 360 g/mol. The molecule has 0 fully saturated rings. The number of benzene rings is 1. The third kappa shape index (κ3) is 3.11. The van der Waals surface area contributed by atoms with Crippen LogP contribution in [0.15, 0.2) is 55.4 Å². The lowest BCUT2D eigenvalue weighted by Gasteiger charge is -2.01. The fourth-order valence-electron chi connectivity index (χ4n) is 2.92. The third-order valence-electron chi connectivity index (χ3n) is 4.22. The fourth-order valence-corrected chi connectivity index (χ4v) is 3.70. The van der Waals surface area contributed by atoms with E-state index in [0.29, 0.717) is 17.6 Å². The first-order valence-corrected chi connectivity index (χ1v) is 9.25. The van der Waals surface area contributed by atoms with Crippen LogP contribution in [0.1, 0.15) is 5.56 Å². The van der Waals surface area contributed by atoms with E-state index < -0.39 is 0 Å². The highest BCUT2D eigenvalue weighted by Crippen LogP contribution is 2.27. The largest absolute Gasteiger partial charge is 0.470 e. The van der Waals surface area contributed by atoms with Crippen LogP contribution in [0.25, 0.3) is 32.6 Å². The summed E-state index contributed by atoms with van der Waals surface area (Å²) >= 11 is 1.41. The van der Waals surface area contributed by atoms with Gasteiger partial charge >= 0.3 is 0 Å². The van der Waals surface area contributed by atoms with E-state index in [2.05, 4.69) is 42.0 Å². The van der Waals surface area contributed by atoms with Crippen molar-refractivity contribution in [3.8, 4) is 16.6 Å². The summed E-state index contributed by atoms with van der Waals surface area (Å²) in [6.07, 6.45) is 9.40. The topological polar surface area (TPSA) is 89.5 Å². The molecule has 1 aromatic carbocycles. The molecule has 0 spiro atoms. The van der Waals surface area contributed by atoms with Gasteiger partial charge < -0.3 is 9.72 Å². The zero-order valence-corrected chi connectivity index (χ0v) is 15.0. The number of fused-ring (bicyclic) bond motifs is 2. The minimum absolute atomic E-state index is 0.550. The zero-order chi connectivity index (χ0) is 18.1. The average Bonchev–Trinajstić information content (AvgIpc) is 3.32. The van der Waals surface area contributed by atoms with Gasteiger partial charge in [-0.1, -0.05) is 29.5 Å². The summed E-state index contributed by atoms with van der Waals surface area (Å²) in [6, 6.07) is 8.25. The molecule has 0 bridgehead atoms. The van der Waals surface area contributed by atoms with E-state index >= 15 is 0 Å². The smallest absolute Gasteiger partial charge is 0.275 e. The molecule has 7 nitrogen and oxygen atoms in total. The number of para-hydroxylation sites is 1. The lowest BCUT2D eigenvalue weighted by atomic mass is 10.1. The fraction of sp³-hybridized carbons (Fsp3) is 0.105. The van der Waals surface area contributed by atoms with Gasteiger partial charge in [-0.05, 0) is 11.6 Å². The average molecular weight is 374 g/mol. The van der Waals surface area contributed by atoms with Gasteiger partial charge in [0, 0.05) is 35.9 Å².